The second-order valence-electron chi connectivity index (χ2n) is 3.90. The number of carbonyl (C=O) groups excluding carboxylic acids is 1. The lowest BCUT2D eigenvalue weighted by Crippen LogP contribution is -2.00. The highest BCUT2D eigenvalue weighted by Crippen LogP contribution is 2.26. The molecular formula is C13H16O3. The van der Waals surface area contributed by atoms with Crippen LogP contribution in [0.15, 0.2) is 34.9 Å². The van der Waals surface area contributed by atoms with Gasteiger partial charge in [-0.2, -0.15) is 0 Å². The Balaban J connectivity index is 2.13. The maximum atomic E-state index is 11.3. The topological polar surface area (TPSA) is 35.5 Å². The second kappa shape index (κ2) is 5.12. The Labute approximate surface area is 95.4 Å². The van der Waals surface area contributed by atoms with E-state index in [0.717, 1.165) is 18.4 Å². The van der Waals surface area contributed by atoms with Gasteiger partial charge in [0.1, 0.15) is 0 Å². The van der Waals surface area contributed by atoms with Gasteiger partial charge in [0.25, 0.3) is 0 Å². The van der Waals surface area contributed by atoms with Crippen molar-refractivity contribution in [2.24, 2.45) is 0 Å². The molecule has 0 aromatic carbocycles. The summed E-state index contributed by atoms with van der Waals surface area (Å²) in [4.78, 5) is 11.3. The summed E-state index contributed by atoms with van der Waals surface area (Å²) in [5.74, 6) is -0.253. The van der Waals surface area contributed by atoms with E-state index >= 15 is 0 Å². The third kappa shape index (κ3) is 2.61. The normalized spacial score (nSPS) is 22.2. The first-order valence-electron chi connectivity index (χ1n) is 5.64. The molecule has 0 atom stereocenters. The molecule has 0 spiro atoms. The van der Waals surface area contributed by atoms with E-state index < -0.39 is 0 Å². The molecule has 2 aliphatic rings. The highest BCUT2D eigenvalue weighted by molar-refractivity contribution is 5.83. The standard InChI is InChI=1S/C13H16O3/c1-2-16-13(14)7-10-4-3-5-11-8-15-9-12(11)6-10/h5-7H,2-4,8-9H2,1H3/b10-7-. The first-order valence-corrected chi connectivity index (χ1v) is 5.64. The zero-order valence-electron chi connectivity index (χ0n) is 9.49. The minimum absolute atomic E-state index is 0.253. The van der Waals surface area contributed by atoms with Crippen molar-refractivity contribution in [3.8, 4) is 0 Å². The Morgan fingerprint density at radius 1 is 1.50 bits per heavy atom. The molecule has 0 unspecified atom stereocenters. The van der Waals surface area contributed by atoms with Crippen molar-refractivity contribution < 1.29 is 14.3 Å². The Kier molecular flexibility index (Phi) is 3.57. The van der Waals surface area contributed by atoms with Crippen LogP contribution in [0.25, 0.3) is 0 Å². The quantitative estimate of drug-likeness (QED) is 0.528. The van der Waals surface area contributed by atoms with Crippen LogP contribution in [-0.2, 0) is 14.3 Å². The molecule has 0 bridgehead atoms. The molecule has 1 heterocycles. The number of esters is 1. The first kappa shape index (κ1) is 11.1. The van der Waals surface area contributed by atoms with E-state index in [-0.39, 0.29) is 5.97 Å². The molecule has 0 radical (unpaired) electrons. The van der Waals surface area contributed by atoms with E-state index in [1.807, 2.05) is 6.92 Å². The van der Waals surface area contributed by atoms with Crippen molar-refractivity contribution in [1.82, 2.24) is 0 Å². The monoisotopic (exact) mass is 220 g/mol. The predicted molar refractivity (Wildman–Crippen MR) is 60.9 cm³/mol. The Hall–Kier alpha value is -1.35. The zero-order chi connectivity index (χ0) is 11.4. The number of allylic oxidation sites excluding steroid dienone is 3. The molecule has 16 heavy (non-hydrogen) atoms. The maximum Gasteiger partial charge on any atom is 0.331 e. The van der Waals surface area contributed by atoms with E-state index in [4.69, 9.17) is 9.47 Å². The SMILES string of the molecule is CCOC(=O)/C=C1\C=C2COCC2=CCC1. The molecule has 3 heteroatoms. The average molecular weight is 220 g/mol. The number of hydrogen-bond donors (Lipinski definition) is 0. The highest BCUT2D eigenvalue weighted by Gasteiger charge is 2.16. The minimum Gasteiger partial charge on any atom is -0.463 e. The molecule has 86 valence electrons. The fourth-order valence-corrected chi connectivity index (χ4v) is 1.94. The second-order valence-corrected chi connectivity index (χ2v) is 3.90. The van der Waals surface area contributed by atoms with Gasteiger partial charge in [0.05, 0.1) is 19.8 Å². The molecule has 1 aliphatic heterocycles. The average Bonchev–Trinajstić information content (AvgIpc) is 2.58. The van der Waals surface area contributed by atoms with Crippen molar-refractivity contribution in [1.29, 1.82) is 0 Å². The largest absolute Gasteiger partial charge is 0.463 e. The molecule has 0 amide bonds. The summed E-state index contributed by atoms with van der Waals surface area (Å²) in [5.41, 5.74) is 3.51. The number of fused-ring (bicyclic) bond motifs is 1. The summed E-state index contributed by atoms with van der Waals surface area (Å²) < 4.78 is 10.3. The molecule has 1 saturated heterocycles. The third-order valence-corrected chi connectivity index (χ3v) is 2.70. The lowest BCUT2D eigenvalue weighted by molar-refractivity contribution is -0.137. The van der Waals surface area contributed by atoms with Crippen LogP contribution in [0.2, 0.25) is 0 Å². The Morgan fingerprint density at radius 3 is 3.12 bits per heavy atom. The lowest BCUT2D eigenvalue weighted by Gasteiger charge is -2.00. The lowest BCUT2D eigenvalue weighted by atomic mass is 10.1. The van der Waals surface area contributed by atoms with Gasteiger partial charge in [0.2, 0.25) is 0 Å². The summed E-state index contributed by atoms with van der Waals surface area (Å²) in [6, 6.07) is 0. The molecule has 1 aliphatic carbocycles. The van der Waals surface area contributed by atoms with Crippen LogP contribution < -0.4 is 0 Å². The van der Waals surface area contributed by atoms with Crippen LogP contribution in [0.4, 0.5) is 0 Å². The van der Waals surface area contributed by atoms with Crippen molar-refractivity contribution in [2.75, 3.05) is 19.8 Å². The van der Waals surface area contributed by atoms with Gasteiger partial charge in [-0.25, -0.2) is 4.79 Å². The van der Waals surface area contributed by atoms with Crippen LogP contribution >= 0.6 is 0 Å². The van der Waals surface area contributed by atoms with Crippen LogP contribution in [0.5, 0.6) is 0 Å². The molecule has 1 fully saturated rings. The van der Waals surface area contributed by atoms with Gasteiger partial charge in [-0.1, -0.05) is 12.2 Å². The summed E-state index contributed by atoms with van der Waals surface area (Å²) in [6.45, 7) is 3.60. The van der Waals surface area contributed by atoms with E-state index in [2.05, 4.69) is 12.2 Å². The summed E-state index contributed by atoms with van der Waals surface area (Å²) >= 11 is 0. The van der Waals surface area contributed by atoms with E-state index in [1.54, 1.807) is 6.08 Å². The smallest absolute Gasteiger partial charge is 0.331 e. The van der Waals surface area contributed by atoms with Gasteiger partial charge in [-0.05, 0) is 36.5 Å². The zero-order valence-corrected chi connectivity index (χ0v) is 9.49. The van der Waals surface area contributed by atoms with Crippen molar-refractivity contribution in [3.63, 3.8) is 0 Å². The summed E-state index contributed by atoms with van der Waals surface area (Å²) in [7, 11) is 0. The Morgan fingerprint density at radius 2 is 2.31 bits per heavy atom. The van der Waals surface area contributed by atoms with Crippen molar-refractivity contribution >= 4 is 5.97 Å². The van der Waals surface area contributed by atoms with Gasteiger partial charge >= 0.3 is 5.97 Å². The van der Waals surface area contributed by atoms with Crippen molar-refractivity contribution in [3.05, 3.63) is 34.9 Å². The van der Waals surface area contributed by atoms with Gasteiger partial charge in [0.15, 0.2) is 0 Å². The molecule has 2 rings (SSSR count). The van der Waals surface area contributed by atoms with Crippen LogP contribution in [0, 0.1) is 0 Å². The fourth-order valence-electron chi connectivity index (χ4n) is 1.94. The molecule has 0 saturated carbocycles. The fraction of sp³-hybridized carbons (Fsp3) is 0.462. The molecule has 0 aromatic rings. The maximum absolute atomic E-state index is 11.3. The molecule has 0 aromatic heterocycles. The van der Waals surface area contributed by atoms with Crippen LogP contribution in [0.1, 0.15) is 19.8 Å². The van der Waals surface area contributed by atoms with Gasteiger partial charge < -0.3 is 9.47 Å². The van der Waals surface area contributed by atoms with Gasteiger partial charge in [-0.3, -0.25) is 0 Å². The van der Waals surface area contributed by atoms with Crippen molar-refractivity contribution in [2.45, 2.75) is 19.8 Å². The Bertz CT molecular complexity index is 375. The molecule has 0 N–H and O–H groups in total. The predicted octanol–water partition coefficient (Wildman–Crippen LogP) is 2.15. The third-order valence-electron chi connectivity index (χ3n) is 2.70. The van der Waals surface area contributed by atoms with Crippen LogP contribution in [0.3, 0.4) is 0 Å². The van der Waals surface area contributed by atoms with E-state index in [0.29, 0.717) is 19.8 Å². The molecular weight excluding hydrogens is 204 g/mol. The number of carbonyl (C=O) groups is 1. The molecule has 3 nitrogen and oxygen atoms in total. The summed E-state index contributed by atoms with van der Waals surface area (Å²) in [6.07, 6.45) is 7.70. The number of hydrogen-bond acceptors (Lipinski definition) is 3. The van der Waals surface area contributed by atoms with E-state index in [9.17, 15) is 4.79 Å². The first-order chi connectivity index (χ1) is 7.79. The highest BCUT2D eigenvalue weighted by atomic mass is 16.5. The minimum atomic E-state index is -0.253. The number of ether oxygens (including phenoxy) is 2. The number of rotatable bonds is 2. The summed E-state index contributed by atoms with van der Waals surface area (Å²) in [5, 5.41) is 0. The van der Waals surface area contributed by atoms with Gasteiger partial charge in [-0.15, -0.1) is 0 Å². The van der Waals surface area contributed by atoms with Crippen LogP contribution in [-0.4, -0.2) is 25.8 Å². The van der Waals surface area contributed by atoms with E-state index in [1.165, 1.54) is 11.1 Å². The van der Waals surface area contributed by atoms with Gasteiger partial charge in [0, 0.05) is 6.08 Å².